The van der Waals surface area contributed by atoms with Crippen molar-refractivity contribution in [3.63, 3.8) is 0 Å². The molecule has 0 unspecified atom stereocenters. The molecule has 2 aliphatic rings. The van der Waals surface area contributed by atoms with Crippen LogP contribution in [0.1, 0.15) is 46.0 Å². The average Bonchev–Trinajstić information content (AvgIpc) is 2.57. The lowest BCUT2D eigenvalue weighted by Gasteiger charge is -2.23. The molecule has 0 bridgehead atoms. The van der Waals surface area contributed by atoms with Crippen LogP contribution in [0.3, 0.4) is 0 Å². The van der Waals surface area contributed by atoms with E-state index in [9.17, 15) is 4.79 Å². The maximum absolute atomic E-state index is 11.5. The van der Waals surface area contributed by atoms with Crippen LogP contribution < -0.4 is 0 Å². The first-order chi connectivity index (χ1) is 5.66. The molecular formula is C11H16O. The largest absolute Gasteiger partial charge is 0.295 e. The fourth-order valence-corrected chi connectivity index (χ4v) is 2.78. The van der Waals surface area contributed by atoms with Crippen molar-refractivity contribution in [1.29, 1.82) is 0 Å². The summed E-state index contributed by atoms with van der Waals surface area (Å²) in [6, 6.07) is 0. The highest BCUT2D eigenvalue weighted by atomic mass is 16.1. The van der Waals surface area contributed by atoms with E-state index in [1.807, 2.05) is 6.92 Å². The number of hydrogen-bond acceptors (Lipinski definition) is 1. The van der Waals surface area contributed by atoms with Crippen LogP contribution in [0, 0.1) is 5.41 Å². The minimum absolute atomic E-state index is 0.321. The Balaban J connectivity index is 2.37. The summed E-state index contributed by atoms with van der Waals surface area (Å²) in [5.74, 6) is 0.398. The molecule has 0 aliphatic heterocycles. The summed E-state index contributed by atoms with van der Waals surface area (Å²) in [6.45, 7) is 4.15. The molecular weight excluding hydrogens is 148 g/mol. The quantitative estimate of drug-likeness (QED) is 0.538. The lowest BCUT2D eigenvalue weighted by Crippen LogP contribution is -2.14. The van der Waals surface area contributed by atoms with Crippen LogP contribution in [0.2, 0.25) is 0 Å². The molecule has 0 aromatic carbocycles. The van der Waals surface area contributed by atoms with E-state index >= 15 is 0 Å². The maximum atomic E-state index is 11.5. The number of allylic oxidation sites excluding steroid dienone is 2. The second-order valence-electron chi connectivity index (χ2n) is 4.34. The van der Waals surface area contributed by atoms with Gasteiger partial charge in [0.05, 0.1) is 0 Å². The monoisotopic (exact) mass is 164 g/mol. The van der Waals surface area contributed by atoms with Crippen LogP contribution >= 0.6 is 0 Å². The second kappa shape index (κ2) is 2.45. The maximum Gasteiger partial charge on any atom is 0.159 e. The fraction of sp³-hybridized carbons (Fsp3) is 0.727. The molecule has 1 saturated carbocycles. The number of hydrogen-bond donors (Lipinski definition) is 0. The van der Waals surface area contributed by atoms with E-state index in [0.29, 0.717) is 11.2 Å². The van der Waals surface area contributed by atoms with Crippen molar-refractivity contribution >= 4 is 5.78 Å². The number of rotatable bonds is 0. The SMILES string of the molecule is CC1=C(C)C2(CCCC2)CC1=O. The zero-order valence-electron chi connectivity index (χ0n) is 7.94. The molecule has 0 N–H and O–H groups in total. The molecule has 2 aliphatic carbocycles. The van der Waals surface area contributed by atoms with Gasteiger partial charge in [-0.3, -0.25) is 4.79 Å². The van der Waals surface area contributed by atoms with E-state index in [1.54, 1.807) is 0 Å². The standard InChI is InChI=1S/C11H16O/c1-8-9(2)11(7-10(8)12)5-3-4-6-11/h3-7H2,1-2H3. The van der Waals surface area contributed by atoms with E-state index in [-0.39, 0.29) is 0 Å². The van der Waals surface area contributed by atoms with Gasteiger partial charge in [0.2, 0.25) is 0 Å². The van der Waals surface area contributed by atoms with Gasteiger partial charge in [-0.15, -0.1) is 0 Å². The molecule has 0 amide bonds. The Morgan fingerprint density at radius 3 is 2.17 bits per heavy atom. The first-order valence-electron chi connectivity index (χ1n) is 4.87. The summed E-state index contributed by atoms with van der Waals surface area (Å²) in [5.41, 5.74) is 2.77. The van der Waals surface area contributed by atoms with Gasteiger partial charge in [0.15, 0.2) is 5.78 Å². The number of Topliss-reactive ketones (excluding diaryl/α,β-unsaturated/α-hetero) is 1. The van der Waals surface area contributed by atoms with E-state index in [4.69, 9.17) is 0 Å². The smallest absolute Gasteiger partial charge is 0.159 e. The zero-order valence-corrected chi connectivity index (χ0v) is 7.94. The third kappa shape index (κ3) is 0.886. The van der Waals surface area contributed by atoms with Gasteiger partial charge >= 0.3 is 0 Å². The number of carbonyl (C=O) groups is 1. The summed E-state index contributed by atoms with van der Waals surface area (Å²) >= 11 is 0. The summed E-state index contributed by atoms with van der Waals surface area (Å²) in [5, 5.41) is 0. The molecule has 1 heteroatoms. The molecule has 0 aromatic heterocycles. The number of carbonyl (C=O) groups excluding carboxylic acids is 1. The Kier molecular flexibility index (Phi) is 1.64. The van der Waals surface area contributed by atoms with Gasteiger partial charge in [-0.05, 0) is 37.7 Å². The molecule has 1 spiro atoms. The van der Waals surface area contributed by atoms with Crippen molar-refractivity contribution < 1.29 is 4.79 Å². The second-order valence-corrected chi connectivity index (χ2v) is 4.34. The minimum atomic E-state index is 0.321. The van der Waals surface area contributed by atoms with E-state index in [0.717, 1.165) is 12.0 Å². The van der Waals surface area contributed by atoms with Crippen LogP contribution in [0.25, 0.3) is 0 Å². The van der Waals surface area contributed by atoms with Gasteiger partial charge in [0.1, 0.15) is 0 Å². The normalized spacial score (nSPS) is 27.7. The van der Waals surface area contributed by atoms with Crippen molar-refractivity contribution in [3.05, 3.63) is 11.1 Å². The molecule has 66 valence electrons. The first kappa shape index (κ1) is 8.03. The van der Waals surface area contributed by atoms with Crippen molar-refractivity contribution in [2.75, 3.05) is 0 Å². The van der Waals surface area contributed by atoms with Crippen LogP contribution in [-0.2, 0) is 4.79 Å². The first-order valence-corrected chi connectivity index (χ1v) is 4.87. The Morgan fingerprint density at radius 2 is 1.75 bits per heavy atom. The van der Waals surface area contributed by atoms with Gasteiger partial charge in [0, 0.05) is 6.42 Å². The van der Waals surface area contributed by atoms with Crippen molar-refractivity contribution in [2.24, 2.45) is 5.41 Å². The Labute approximate surface area is 73.8 Å². The molecule has 0 heterocycles. The number of ketones is 1. The Morgan fingerprint density at radius 1 is 1.17 bits per heavy atom. The molecule has 0 saturated heterocycles. The lowest BCUT2D eigenvalue weighted by molar-refractivity contribution is -0.116. The topological polar surface area (TPSA) is 17.1 Å². The summed E-state index contributed by atoms with van der Waals surface area (Å²) in [7, 11) is 0. The van der Waals surface area contributed by atoms with Crippen molar-refractivity contribution in [1.82, 2.24) is 0 Å². The van der Waals surface area contributed by atoms with E-state index < -0.39 is 0 Å². The van der Waals surface area contributed by atoms with Gasteiger partial charge < -0.3 is 0 Å². The fourth-order valence-electron chi connectivity index (χ4n) is 2.78. The summed E-state index contributed by atoms with van der Waals surface area (Å²) in [6.07, 6.45) is 5.95. The highest BCUT2D eigenvalue weighted by Gasteiger charge is 2.43. The minimum Gasteiger partial charge on any atom is -0.295 e. The van der Waals surface area contributed by atoms with Crippen LogP contribution in [0.5, 0.6) is 0 Å². The zero-order chi connectivity index (χ0) is 8.77. The van der Waals surface area contributed by atoms with Crippen LogP contribution in [0.15, 0.2) is 11.1 Å². The van der Waals surface area contributed by atoms with Gasteiger partial charge in [-0.1, -0.05) is 18.4 Å². The third-order valence-electron chi connectivity index (χ3n) is 3.84. The average molecular weight is 164 g/mol. The van der Waals surface area contributed by atoms with Crippen LogP contribution in [-0.4, -0.2) is 5.78 Å². The Bertz CT molecular complexity index is 254. The van der Waals surface area contributed by atoms with Crippen molar-refractivity contribution in [2.45, 2.75) is 46.0 Å². The summed E-state index contributed by atoms with van der Waals surface area (Å²) in [4.78, 5) is 11.5. The van der Waals surface area contributed by atoms with Gasteiger partial charge in [-0.2, -0.15) is 0 Å². The van der Waals surface area contributed by atoms with Crippen LogP contribution in [0.4, 0.5) is 0 Å². The van der Waals surface area contributed by atoms with Gasteiger partial charge in [-0.25, -0.2) is 0 Å². The molecule has 0 radical (unpaired) electrons. The highest BCUT2D eigenvalue weighted by Crippen LogP contribution is 2.51. The molecule has 0 atom stereocenters. The Hall–Kier alpha value is -0.590. The predicted molar refractivity (Wildman–Crippen MR) is 48.9 cm³/mol. The van der Waals surface area contributed by atoms with E-state index in [2.05, 4.69) is 6.92 Å². The molecule has 12 heavy (non-hydrogen) atoms. The predicted octanol–water partition coefficient (Wildman–Crippen LogP) is 2.86. The lowest BCUT2D eigenvalue weighted by atomic mass is 9.80. The molecule has 0 aromatic rings. The summed E-state index contributed by atoms with van der Waals surface area (Å²) < 4.78 is 0. The third-order valence-corrected chi connectivity index (χ3v) is 3.84. The van der Waals surface area contributed by atoms with Crippen molar-refractivity contribution in [3.8, 4) is 0 Å². The highest BCUT2D eigenvalue weighted by molar-refractivity contribution is 5.99. The van der Waals surface area contributed by atoms with E-state index in [1.165, 1.54) is 31.3 Å². The van der Waals surface area contributed by atoms with Gasteiger partial charge in [0.25, 0.3) is 0 Å². The molecule has 1 fully saturated rings. The molecule has 1 nitrogen and oxygen atoms in total. The molecule has 2 rings (SSSR count).